The molecule has 0 radical (unpaired) electrons. The smallest absolute Gasteiger partial charge is 0.120 e. The third-order valence-electron chi connectivity index (χ3n) is 2.27. The van der Waals surface area contributed by atoms with Crippen molar-refractivity contribution in [3.05, 3.63) is 48.3 Å². The van der Waals surface area contributed by atoms with E-state index in [0.717, 1.165) is 24.0 Å². The van der Waals surface area contributed by atoms with E-state index in [9.17, 15) is 4.79 Å². The Morgan fingerprint density at radius 2 is 2.13 bits per heavy atom. The molecule has 0 atom stereocenters. The van der Waals surface area contributed by atoms with Gasteiger partial charge in [-0.3, -0.25) is 0 Å². The summed E-state index contributed by atoms with van der Waals surface area (Å²) in [6.07, 6.45) is 5.91. The number of benzene rings is 1. The maximum absolute atomic E-state index is 10.4. The van der Waals surface area contributed by atoms with Gasteiger partial charge in [0.25, 0.3) is 0 Å². The van der Waals surface area contributed by atoms with E-state index < -0.39 is 0 Å². The van der Waals surface area contributed by atoms with Crippen LogP contribution in [0.5, 0.6) is 0 Å². The van der Waals surface area contributed by atoms with Crippen molar-refractivity contribution in [1.29, 1.82) is 0 Å². The fourth-order valence-electron chi connectivity index (χ4n) is 1.57. The zero-order valence-corrected chi connectivity index (χ0v) is 8.34. The Labute approximate surface area is 88.4 Å². The first-order chi connectivity index (χ1) is 7.42. The largest absolute Gasteiger partial charge is 0.303 e. The average Bonchev–Trinajstić information content (AvgIpc) is 2.80. The third-order valence-corrected chi connectivity index (χ3v) is 2.27. The van der Waals surface area contributed by atoms with Gasteiger partial charge in [0, 0.05) is 18.8 Å². The van der Waals surface area contributed by atoms with Crippen LogP contribution in [0.15, 0.2) is 42.7 Å². The summed E-state index contributed by atoms with van der Waals surface area (Å²) in [5.74, 6) is 0. The molecule has 0 N–H and O–H groups in total. The Balaban J connectivity index is 2.34. The second-order valence-corrected chi connectivity index (χ2v) is 3.28. The van der Waals surface area contributed by atoms with E-state index in [0.29, 0.717) is 6.42 Å². The number of aromatic nitrogens is 2. The van der Waals surface area contributed by atoms with Crippen LogP contribution in [0.4, 0.5) is 0 Å². The van der Waals surface area contributed by atoms with Gasteiger partial charge in [0.15, 0.2) is 0 Å². The van der Waals surface area contributed by atoms with Crippen molar-refractivity contribution in [3.63, 3.8) is 0 Å². The van der Waals surface area contributed by atoms with E-state index in [1.165, 1.54) is 0 Å². The highest BCUT2D eigenvalue weighted by Crippen LogP contribution is 2.14. The van der Waals surface area contributed by atoms with Gasteiger partial charge in [-0.15, -0.1) is 0 Å². The summed E-state index contributed by atoms with van der Waals surface area (Å²) in [4.78, 5) is 10.4. The zero-order chi connectivity index (χ0) is 10.5. The molecule has 0 bridgehead atoms. The highest BCUT2D eigenvalue weighted by atomic mass is 16.1. The molecule has 0 saturated carbocycles. The molecule has 0 aliphatic rings. The van der Waals surface area contributed by atoms with Crippen molar-refractivity contribution in [3.8, 4) is 5.69 Å². The van der Waals surface area contributed by atoms with Gasteiger partial charge < -0.3 is 4.79 Å². The fourth-order valence-corrected chi connectivity index (χ4v) is 1.57. The zero-order valence-electron chi connectivity index (χ0n) is 8.34. The van der Waals surface area contributed by atoms with Crippen LogP contribution >= 0.6 is 0 Å². The number of aldehydes is 1. The lowest BCUT2D eigenvalue weighted by molar-refractivity contribution is -0.107. The second-order valence-electron chi connectivity index (χ2n) is 3.28. The molecule has 3 heteroatoms. The van der Waals surface area contributed by atoms with Crippen LogP contribution in [0.1, 0.15) is 12.0 Å². The number of para-hydroxylation sites is 1. The first kappa shape index (κ1) is 9.65. The molecular weight excluding hydrogens is 188 g/mol. The molecule has 1 aromatic heterocycles. The molecule has 3 nitrogen and oxygen atoms in total. The highest BCUT2D eigenvalue weighted by Gasteiger charge is 2.02. The van der Waals surface area contributed by atoms with Crippen LogP contribution < -0.4 is 0 Å². The van der Waals surface area contributed by atoms with Gasteiger partial charge in [-0.2, -0.15) is 5.10 Å². The first-order valence-corrected chi connectivity index (χ1v) is 4.93. The first-order valence-electron chi connectivity index (χ1n) is 4.93. The molecule has 2 aromatic rings. The summed E-state index contributed by atoms with van der Waals surface area (Å²) in [6.45, 7) is 0. The van der Waals surface area contributed by atoms with E-state index in [1.807, 2.05) is 41.2 Å². The van der Waals surface area contributed by atoms with Crippen LogP contribution in [0, 0.1) is 0 Å². The average molecular weight is 200 g/mol. The van der Waals surface area contributed by atoms with Crippen molar-refractivity contribution in [2.24, 2.45) is 0 Å². The summed E-state index contributed by atoms with van der Waals surface area (Å²) in [6, 6.07) is 9.87. The van der Waals surface area contributed by atoms with Crippen molar-refractivity contribution >= 4 is 6.29 Å². The quantitative estimate of drug-likeness (QED) is 0.707. The topological polar surface area (TPSA) is 34.9 Å². The summed E-state index contributed by atoms with van der Waals surface area (Å²) < 4.78 is 1.82. The van der Waals surface area contributed by atoms with Crippen molar-refractivity contribution in [1.82, 2.24) is 9.78 Å². The standard InChI is InChI=1S/C12H12N2O/c15-10-3-6-11-5-1-2-7-12(11)14-9-4-8-13-14/h1-2,4-5,7-10H,3,6H2. The fraction of sp³-hybridized carbons (Fsp3) is 0.167. The predicted molar refractivity (Wildman–Crippen MR) is 57.9 cm³/mol. The molecule has 0 amide bonds. The molecule has 0 aliphatic heterocycles. The van der Waals surface area contributed by atoms with Crippen molar-refractivity contribution in [2.75, 3.05) is 0 Å². The van der Waals surface area contributed by atoms with Gasteiger partial charge >= 0.3 is 0 Å². The Kier molecular flexibility index (Phi) is 2.93. The van der Waals surface area contributed by atoms with Crippen LogP contribution in [0.2, 0.25) is 0 Å². The monoisotopic (exact) mass is 200 g/mol. The van der Waals surface area contributed by atoms with E-state index in [1.54, 1.807) is 6.20 Å². The van der Waals surface area contributed by atoms with Crippen LogP contribution in [0.25, 0.3) is 5.69 Å². The Bertz CT molecular complexity index is 435. The van der Waals surface area contributed by atoms with Gasteiger partial charge in [0.2, 0.25) is 0 Å². The predicted octanol–water partition coefficient (Wildman–Crippen LogP) is 2.00. The Hall–Kier alpha value is -1.90. The second kappa shape index (κ2) is 4.55. The lowest BCUT2D eigenvalue weighted by Gasteiger charge is -2.07. The van der Waals surface area contributed by atoms with Gasteiger partial charge in [-0.1, -0.05) is 18.2 Å². The summed E-state index contributed by atoms with van der Waals surface area (Å²) >= 11 is 0. The van der Waals surface area contributed by atoms with E-state index in [-0.39, 0.29) is 0 Å². The van der Waals surface area contributed by atoms with E-state index in [4.69, 9.17) is 0 Å². The molecule has 0 unspecified atom stereocenters. The highest BCUT2D eigenvalue weighted by molar-refractivity contribution is 5.51. The third kappa shape index (κ3) is 2.13. The number of aryl methyl sites for hydroxylation is 1. The molecule has 76 valence electrons. The van der Waals surface area contributed by atoms with Crippen molar-refractivity contribution in [2.45, 2.75) is 12.8 Å². The SMILES string of the molecule is O=CCCc1ccccc1-n1cccn1. The molecule has 0 spiro atoms. The van der Waals surface area contributed by atoms with Gasteiger partial charge in [0.1, 0.15) is 6.29 Å². The molecule has 0 saturated heterocycles. The maximum Gasteiger partial charge on any atom is 0.120 e. The Morgan fingerprint density at radius 3 is 2.87 bits per heavy atom. The number of nitrogens with zero attached hydrogens (tertiary/aromatic N) is 2. The van der Waals surface area contributed by atoms with Crippen LogP contribution in [-0.4, -0.2) is 16.1 Å². The van der Waals surface area contributed by atoms with E-state index >= 15 is 0 Å². The minimum atomic E-state index is 0.554. The van der Waals surface area contributed by atoms with Crippen molar-refractivity contribution < 1.29 is 4.79 Å². The number of carbonyl (C=O) groups excluding carboxylic acids is 1. The van der Waals surface area contributed by atoms with Gasteiger partial charge in [-0.25, -0.2) is 4.68 Å². The van der Waals surface area contributed by atoms with Gasteiger partial charge in [-0.05, 0) is 24.1 Å². The number of hydrogen-bond acceptors (Lipinski definition) is 2. The normalized spacial score (nSPS) is 10.1. The number of carbonyl (C=O) groups is 1. The summed E-state index contributed by atoms with van der Waals surface area (Å²) in [5.41, 5.74) is 2.19. The van der Waals surface area contributed by atoms with E-state index in [2.05, 4.69) is 5.10 Å². The minimum Gasteiger partial charge on any atom is -0.303 e. The number of rotatable bonds is 4. The molecule has 15 heavy (non-hydrogen) atoms. The molecular formula is C12H12N2O. The lowest BCUT2D eigenvalue weighted by atomic mass is 10.1. The lowest BCUT2D eigenvalue weighted by Crippen LogP contribution is -2.00. The molecule has 2 rings (SSSR count). The Morgan fingerprint density at radius 1 is 1.27 bits per heavy atom. The molecule has 1 aromatic carbocycles. The van der Waals surface area contributed by atoms with Gasteiger partial charge in [0.05, 0.1) is 5.69 Å². The minimum absolute atomic E-state index is 0.554. The molecule has 0 fully saturated rings. The summed E-state index contributed by atoms with van der Waals surface area (Å²) in [5, 5.41) is 4.18. The maximum atomic E-state index is 10.4. The molecule has 1 heterocycles. The number of hydrogen-bond donors (Lipinski definition) is 0. The molecule has 0 aliphatic carbocycles. The summed E-state index contributed by atoms with van der Waals surface area (Å²) in [7, 11) is 0. The van der Waals surface area contributed by atoms with Crippen LogP contribution in [-0.2, 0) is 11.2 Å². The van der Waals surface area contributed by atoms with Crippen LogP contribution in [0.3, 0.4) is 0 Å².